The fraction of sp³-hybridized carbons (Fsp3) is 0.917. The van der Waals surface area contributed by atoms with Crippen molar-refractivity contribution in [2.24, 2.45) is 5.41 Å². The Morgan fingerprint density at radius 1 is 1.53 bits per heavy atom. The van der Waals surface area contributed by atoms with Gasteiger partial charge in [-0.25, -0.2) is 0 Å². The summed E-state index contributed by atoms with van der Waals surface area (Å²) in [5.41, 5.74) is -0.668. The van der Waals surface area contributed by atoms with E-state index in [0.29, 0.717) is 26.1 Å². The van der Waals surface area contributed by atoms with E-state index in [1.165, 1.54) is 0 Å². The van der Waals surface area contributed by atoms with Gasteiger partial charge in [0.2, 0.25) is 0 Å². The highest BCUT2D eigenvalue weighted by Gasteiger charge is 2.40. The molecule has 0 amide bonds. The summed E-state index contributed by atoms with van der Waals surface area (Å²) >= 11 is 0. The smallest absolute Gasteiger partial charge is 0.310 e. The normalized spacial score (nSPS) is 27.6. The van der Waals surface area contributed by atoms with Crippen molar-refractivity contribution < 1.29 is 19.7 Å². The Bertz CT molecular complexity index is 269. The van der Waals surface area contributed by atoms with Crippen LogP contribution < -0.4 is 0 Å². The minimum absolute atomic E-state index is 0.104. The van der Waals surface area contributed by atoms with Crippen molar-refractivity contribution in [1.82, 2.24) is 4.90 Å². The number of aliphatic carboxylic acids is 1. The van der Waals surface area contributed by atoms with Crippen LogP contribution >= 0.6 is 0 Å². The SMILES string of the molecule is CC(C)OCC(O)CN1CCC(C)(C(=O)O)C1. The average molecular weight is 245 g/mol. The van der Waals surface area contributed by atoms with E-state index in [1.807, 2.05) is 18.7 Å². The van der Waals surface area contributed by atoms with E-state index in [1.54, 1.807) is 6.92 Å². The lowest BCUT2D eigenvalue weighted by molar-refractivity contribution is -0.147. The largest absolute Gasteiger partial charge is 0.481 e. The molecule has 0 saturated carbocycles. The summed E-state index contributed by atoms with van der Waals surface area (Å²) in [4.78, 5) is 13.0. The zero-order valence-electron chi connectivity index (χ0n) is 10.8. The van der Waals surface area contributed by atoms with E-state index in [4.69, 9.17) is 9.84 Å². The van der Waals surface area contributed by atoms with E-state index >= 15 is 0 Å². The lowest BCUT2D eigenvalue weighted by Gasteiger charge is -2.22. The number of rotatable bonds is 6. The highest BCUT2D eigenvalue weighted by atomic mass is 16.5. The van der Waals surface area contributed by atoms with Crippen LogP contribution in [0, 0.1) is 5.41 Å². The number of nitrogens with zero attached hydrogens (tertiary/aromatic N) is 1. The van der Waals surface area contributed by atoms with Crippen molar-refractivity contribution in [3.63, 3.8) is 0 Å². The molecule has 0 aromatic rings. The van der Waals surface area contributed by atoms with Gasteiger partial charge in [-0.1, -0.05) is 0 Å². The Morgan fingerprint density at radius 2 is 2.18 bits per heavy atom. The van der Waals surface area contributed by atoms with Gasteiger partial charge in [0.25, 0.3) is 0 Å². The maximum absolute atomic E-state index is 11.1. The zero-order valence-corrected chi connectivity index (χ0v) is 10.8. The van der Waals surface area contributed by atoms with Crippen molar-refractivity contribution in [2.75, 3.05) is 26.2 Å². The van der Waals surface area contributed by atoms with Crippen LogP contribution in [0.5, 0.6) is 0 Å². The molecule has 5 heteroatoms. The number of hydrogen-bond acceptors (Lipinski definition) is 4. The highest BCUT2D eigenvalue weighted by molar-refractivity contribution is 5.74. The van der Waals surface area contributed by atoms with Crippen LogP contribution in [0.3, 0.4) is 0 Å². The number of carbonyl (C=O) groups is 1. The molecule has 1 saturated heterocycles. The van der Waals surface area contributed by atoms with E-state index in [0.717, 1.165) is 6.54 Å². The topological polar surface area (TPSA) is 70.0 Å². The fourth-order valence-electron chi connectivity index (χ4n) is 2.04. The van der Waals surface area contributed by atoms with Gasteiger partial charge >= 0.3 is 5.97 Å². The Balaban J connectivity index is 2.32. The minimum atomic E-state index is -0.757. The van der Waals surface area contributed by atoms with Gasteiger partial charge in [-0.3, -0.25) is 9.69 Å². The van der Waals surface area contributed by atoms with Crippen LogP contribution in [0.25, 0.3) is 0 Å². The first-order valence-corrected chi connectivity index (χ1v) is 6.09. The number of aliphatic hydroxyl groups excluding tert-OH is 1. The van der Waals surface area contributed by atoms with Gasteiger partial charge in [0.05, 0.1) is 24.2 Å². The third kappa shape index (κ3) is 4.26. The molecular weight excluding hydrogens is 222 g/mol. The molecule has 2 N–H and O–H groups in total. The Hall–Kier alpha value is -0.650. The third-order valence-corrected chi connectivity index (χ3v) is 3.16. The summed E-state index contributed by atoms with van der Waals surface area (Å²) in [5.74, 6) is -0.757. The van der Waals surface area contributed by atoms with Crippen LogP contribution in [-0.4, -0.2) is 59.5 Å². The maximum atomic E-state index is 11.1. The number of hydrogen-bond donors (Lipinski definition) is 2. The summed E-state index contributed by atoms with van der Waals surface area (Å²) < 4.78 is 5.32. The number of carboxylic acid groups (broad SMARTS) is 1. The number of carboxylic acids is 1. The second-order valence-corrected chi connectivity index (χ2v) is 5.39. The molecule has 0 aromatic heterocycles. The average Bonchev–Trinajstić information content (AvgIpc) is 2.58. The molecule has 1 rings (SSSR count). The van der Waals surface area contributed by atoms with Crippen LogP contribution in [0.2, 0.25) is 0 Å². The predicted octanol–water partition coefficient (Wildman–Crippen LogP) is 0.569. The lowest BCUT2D eigenvalue weighted by atomic mass is 9.90. The van der Waals surface area contributed by atoms with Crippen LogP contribution in [-0.2, 0) is 9.53 Å². The fourth-order valence-corrected chi connectivity index (χ4v) is 2.04. The van der Waals surface area contributed by atoms with Gasteiger partial charge < -0.3 is 14.9 Å². The highest BCUT2D eigenvalue weighted by Crippen LogP contribution is 2.29. The number of likely N-dealkylation sites (tertiary alicyclic amines) is 1. The molecule has 5 nitrogen and oxygen atoms in total. The molecule has 0 radical (unpaired) electrons. The monoisotopic (exact) mass is 245 g/mol. The van der Waals surface area contributed by atoms with Gasteiger partial charge in [-0.2, -0.15) is 0 Å². The first kappa shape index (κ1) is 14.4. The third-order valence-electron chi connectivity index (χ3n) is 3.16. The Labute approximate surface area is 102 Å². The maximum Gasteiger partial charge on any atom is 0.310 e. The van der Waals surface area contributed by atoms with Crippen LogP contribution in [0.1, 0.15) is 27.2 Å². The van der Waals surface area contributed by atoms with Crippen molar-refractivity contribution in [3.05, 3.63) is 0 Å². The molecule has 0 aromatic carbocycles. The molecule has 2 unspecified atom stereocenters. The van der Waals surface area contributed by atoms with Crippen LogP contribution in [0.4, 0.5) is 0 Å². The molecule has 2 atom stereocenters. The van der Waals surface area contributed by atoms with Crippen molar-refractivity contribution in [2.45, 2.75) is 39.4 Å². The standard InChI is InChI=1S/C12H23NO4/c1-9(2)17-7-10(14)6-13-5-4-12(3,8-13)11(15)16/h9-10,14H,4-8H2,1-3H3,(H,15,16). The number of ether oxygens (including phenoxy) is 1. The van der Waals surface area contributed by atoms with Gasteiger partial charge in [-0.15, -0.1) is 0 Å². The number of β-amino-alcohol motifs (C(OH)–C–C–N with tert-alkyl or cyclic N) is 1. The van der Waals surface area contributed by atoms with Gasteiger partial charge in [0.1, 0.15) is 0 Å². The molecule has 100 valence electrons. The summed E-state index contributed by atoms with van der Waals surface area (Å²) in [6.45, 7) is 7.61. The first-order valence-electron chi connectivity index (χ1n) is 6.09. The molecule has 1 fully saturated rings. The molecule has 1 aliphatic rings. The molecule has 17 heavy (non-hydrogen) atoms. The second-order valence-electron chi connectivity index (χ2n) is 5.39. The molecular formula is C12H23NO4. The summed E-state index contributed by atoms with van der Waals surface area (Å²) in [7, 11) is 0. The van der Waals surface area contributed by atoms with E-state index < -0.39 is 17.5 Å². The van der Waals surface area contributed by atoms with Crippen molar-refractivity contribution in [3.8, 4) is 0 Å². The van der Waals surface area contributed by atoms with Gasteiger partial charge in [-0.05, 0) is 33.7 Å². The van der Waals surface area contributed by atoms with Crippen LogP contribution in [0.15, 0.2) is 0 Å². The van der Waals surface area contributed by atoms with Gasteiger partial charge in [0.15, 0.2) is 0 Å². The van der Waals surface area contributed by atoms with E-state index in [-0.39, 0.29) is 6.10 Å². The molecule has 1 aliphatic heterocycles. The minimum Gasteiger partial charge on any atom is -0.481 e. The zero-order chi connectivity index (χ0) is 13.1. The summed E-state index contributed by atoms with van der Waals surface area (Å²) in [6, 6.07) is 0. The lowest BCUT2D eigenvalue weighted by Crippen LogP contribution is -2.37. The van der Waals surface area contributed by atoms with E-state index in [9.17, 15) is 9.90 Å². The summed E-state index contributed by atoms with van der Waals surface area (Å²) in [6.07, 6.45) is 0.196. The summed E-state index contributed by atoms with van der Waals surface area (Å²) in [5, 5.41) is 18.8. The molecule has 0 aliphatic carbocycles. The Morgan fingerprint density at radius 3 is 2.65 bits per heavy atom. The van der Waals surface area contributed by atoms with E-state index in [2.05, 4.69) is 0 Å². The van der Waals surface area contributed by atoms with Crippen molar-refractivity contribution >= 4 is 5.97 Å². The first-order chi connectivity index (χ1) is 7.83. The van der Waals surface area contributed by atoms with Crippen molar-refractivity contribution in [1.29, 1.82) is 0 Å². The second kappa shape index (κ2) is 5.80. The molecule has 1 heterocycles. The number of aliphatic hydroxyl groups is 1. The predicted molar refractivity (Wildman–Crippen MR) is 63.9 cm³/mol. The van der Waals surface area contributed by atoms with Gasteiger partial charge in [0, 0.05) is 13.1 Å². The Kier molecular flexibility index (Phi) is 4.91. The molecule has 0 spiro atoms. The molecule has 0 bridgehead atoms. The quantitative estimate of drug-likeness (QED) is 0.716.